The van der Waals surface area contributed by atoms with E-state index in [2.05, 4.69) is 30.9 Å². The second kappa shape index (κ2) is 4.53. The summed E-state index contributed by atoms with van der Waals surface area (Å²) in [6, 6.07) is 9.73. The lowest BCUT2D eigenvalue weighted by Gasteiger charge is -2.12. The predicted molar refractivity (Wildman–Crippen MR) is 72.2 cm³/mol. The first kappa shape index (κ1) is 12.8. The fourth-order valence-electron chi connectivity index (χ4n) is 1.79. The Kier molecular flexibility index (Phi) is 3.22. The Morgan fingerprint density at radius 3 is 2.28 bits per heavy atom. The van der Waals surface area contributed by atoms with Crippen molar-refractivity contribution >= 4 is 0 Å². The van der Waals surface area contributed by atoms with Crippen LogP contribution in [-0.2, 0) is 12.5 Å². The molecule has 0 amide bonds. The topological polar surface area (TPSA) is 56.7 Å². The minimum absolute atomic E-state index is 0.0631. The van der Waals surface area contributed by atoms with Crippen molar-refractivity contribution in [1.82, 2.24) is 14.8 Å². The average Bonchev–Trinajstić information content (AvgIpc) is 2.71. The fourth-order valence-corrected chi connectivity index (χ4v) is 1.79. The van der Waals surface area contributed by atoms with E-state index in [9.17, 15) is 0 Å². The summed E-state index contributed by atoms with van der Waals surface area (Å²) in [6.45, 7) is 6.29. The summed E-state index contributed by atoms with van der Waals surface area (Å²) in [5, 5.41) is 4.45. The molecule has 2 rings (SSSR count). The normalized spacial score (nSPS) is 13.6. The zero-order chi connectivity index (χ0) is 13.3. The second-order valence-corrected chi connectivity index (χ2v) is 5.56. The molecule has 0 spiro atoms. The highest BCUT2D eigenvalue weighted by atomic mass is 15.3. The van der Waals surface area contributed by atoms with Crippen LogP contribution in [0.3, 0.4) is 0 Å². The van der Waals surface area contributed by atoms with Gasteiger partial charge in [-0.3, -0.25) is 4.68 Å². The Balaban J connectivity index is 2.37. The van der Waals surface area contributed by atoms with Crippen LogP contribution in [0.5, 0.6) is 0 Å². The molecule has 0 saturated heterocycles. The molecule has 0 saturated carbocycles. The van der Waals surface area contributed by atoms with E-state index in [4.69, 9.17) is 5.73 Å². The SMILES string of the molecule is Cn1nc(C(C)(C)C)nc1C(N)c1ccccc1. The number of hydrogen-bond donors (Lipinski definition) is 1. The number of benzene rings is 1. The average molecular weight is 244 g/mol. The largest absolute Gasteiger partial charge is 0.318 e. The summed E-state index contributed by atoms with van der Waals surface area (Å²) in [5.74, 6) is 1.62. The monoisotopic (exact) mass is 244 g/mol. The Morgan fingerprint density at radius 2 is 1.78 bits per heavy atom. The molecule has 0 bridgehead atoms. The van der Waals surface area contributed by atoms with E-state index in [-0.39, 0.29) is 11.5 Å². The summed E-state index contributed by atoms with van der Waals surface area (Å²) in [7, 11) is 1.89. The lowest BCUT2D eigenvalue weighted by molar-refractivity contribution is 0.538. The van der Waals surface area contributed by atoms with Crippen molar-refractivity contribution in [3.8, 4) is 0 Å². The zero-order valence-corrected chi connectivity index (χ0v) is 11.4. The minimum atomic E-state index is -0.236. The second-order valence-electron chi connectivity index (χ2n) is 5.56. The number of aromatic nitrogens is 3. The van der Waals surface area contributed by atoms with E-state index in [1.54, 1.807) is 4.68 Å². The third kappa shape index (κ3) is 2.43. The quantitative estimate of drug-likeness (QED) is 0.880. The molecule has 18 heavy (non-hydrogen) atoms. The molecule has 1 aromatic heterocycles. The van der Waals surface area contributed by atoms with E-state index in [0.29, 0.717) is 0 Å². The van der Waals surface area contributed by atoms with E-state index in [0.717, 1.165) is 17.2 Å². The van der Waals surface area contributed by atoms with Crippen LogP contribution in [0.2, 0.25) is 0 Å². The first-order valence-electron chi connectivity index (χ1n) is 6.11. The molecule has 0 fully saturated rings. The molecular weight excluding hydrogens is 224 g/mol. The van der Waals surface area contributed by atoms with Crippen LogP contribution in [0.1, 0.15) is 44.0 Å². The van der Waals surface area contributed by atoms with E-state index in [1.165, 1.54) is 0 Å². The lowest BCUT2D eigenvalue weighted by atomic mass is 9.96. The molecular formula is C14H20N4. The lowest BCUT2D eigenvalue weighted by Crippen LogP contribution is -2.17. The summed E-state index contributed by atoms with van der Waals surface area (Å²) in [5.41, 5.74) is 7.24. The minimum Gasteiger partial charge on any atom is -0.318 e. The highest BCUT2D eigenvalue weighted by Crippen LogP contribution is 2.22. The van der Waals surface area contributed by atoms with Gasteiger partial charge in [-0.05, 0) is 5.56 Å². The van der Waals surface area contributed by atoms with E-state index in [1.807, 2.05) is 37.4 Å². The van der Waals surface area contributed by atoms with Crippen molar-refractivity contribution in [2.45, 2.75) is 32.2 Å². The van der Waals surface area contributed by atoms with Gasteiger partial charge in [0, 0.05) is 12.5 Å². The Hall–Kier alpha value is -1.68. The number of nitrogens with zero attached hydrogens (tertiary/aromatic N) is 3. The van der Waals surface area contributed by atoms with Crippen LogP contribution < -0.4 is 5.73 Å². The van der Waals surface area contributed by atoms with Gasteiger partial charge in [-0.15, -0.1) is 0 Å². The van der Waals surface area contributed by atoms with E-state index >= 15 is 0 Å². The zero-order valence-electron chi connectivity index (χ0n) is 11.4. The van der Waals surface area contributed by atoms with Crippen LogP contribution in [0.25, 0.3) is 0 Å². The molecule has 96 valence electrons. The Labute approximate surface area is 108 Å². The molecule has 0 aliphatic heterocycles. The summed E-state index contributed by atoms with van der Waals surface area (Å²) in [4.78, 5) is 4.58. The van der Waals surface area contributed by atoms with Gasteiger partial charge in [0.1, 0.15) is 5.82 Å². The highest BCUT2D eigenvalue weighted by Gasteiger charge is 2.23. The number of aryl methyl sites for hydroxylation is 1. The third-order valence-electron chi connectivity index (χ3n) is 2.90. The summed E-state index contributed by atoms with van der Waals surface area (Å²) in [6.07, 6.45) is 0. The number of nitrogens with two attached hydrogens (primary N) is 1. The van der Waals surface area contributed by atoms with Crippen LogP contribution in [0.4, 0.5) is 0 Å². The molecule has 1 atom stereocenters. The highest BCUT2D eigenvalue weighted by molar-refractivity contribution is 5.24. The van der Waals surface area contributed by atoms with Crippen LogP contribution >= 0.6 is 0 Å². The Bertz CT molecular complexity index is 522. The van der Waals surface area contributed by atoms with Crippen molar-refractivity contribution in [2.75, 3.05) is 0 Å². The van der Waals surface area contributed by atoms with Gasteiger partial charge in [0.15, 0.2) is 5.82 Å². The molecule has 4 nitrogen and oxygen atoms in total. The number of rotatable bonds is 2. The maximum atomic E-state index is 6.25. The van der Waals surface area contributed by atoms with Gasteiger partial charge in [0.2, 0.25) is 0 Å². The van der Waals surface area contributed by atoms with Gasteiger partial charge in [-0.1, -0.05) is 51.1 Å². The third-order valence-corrected chi connectivity index (χ3v) is 2.90. The summed E-state index contributed by atoms with van der Waals surface area (Å²) >= 11 is 0. The molecule has 1 unspecified atom stereocenters. The van der Waals surface area contributed by atoms with Crippen molar-refractivity contribution in [1.29, 1.82) is 0 Å². The van der Waals surface area contributed by atoms with Gasteiger partial charge in [-0.2, -0.15) is 5.10 Å². The molecule has 0 radical (unpaired) electrons. The van der Waals surface area contributed by atoms with Crippen molar-refractivity contribution in [3.63, 3.8) is 0 Å². The standard InChI is InChI=1S/C14H20N4/c1-14(2,3)13-16-12(18(4)17-13)11(15)10-8-6-5-7-9-10/h5-9,11H,15H2,1-4H3. The van der Waals surface area contributed by atoms with Crippen LogP contribution in [0, 0.1) is 0 Å². The van der Waals surface area contributed by atoms with E-state index < -0.39 is 0 Å². The van der Waals surface area contributed by atoms with Crippen molar-refractivity contribution in [3.05, 3.63) is 47.5 Å². The van der Waals surface area contributed by atoms with Gasteiger partial charge < -0.3 is 5.73 Å². The van der Waals surface area contributed by atoms with Crippen molar-refractivity contribution < 1.29 is 0 Å². The van der Waals surface area contributed by atoms with Crippen LogP contribution in [0.15, 0.2) is 30.3 Å². The molecule has 0 aliphatic rings. The summed E-state index contributed by atoms with van der Waals surface area (Å²) < 4.78 is 1.78. The maximum absolute atomic E-state index is 6.25. The van der Waals surface area contributed by atoms with Crippen LogP contribution in [-0.4, -0.2) is 14.8 Å². The predicted octanol–water partition coefficient (Wildman–Crippen LogP) is 2.16. The fraction of sp³-hybridized carbons (Fsp3) is 0.429. The number of hydrogen-bond acceptors (Lipinski definition) is 3. The molecule has 2 N–H and O–H groups in total. The van der Waals surface area contributed by atoms with Gasteiger partial charge in [-0.25, -0.2) is 4.98 Å². The Morgan fingerprint density at radius 1 is 1.17 bits per heavy atom. The van der Waals surface area contributed by atoms with Gasteiger partial charge in [0.25, 0.3) is 0 Å². The first-order valence-corrected chi connectivity index (χ1v) is 6.11. The molecule has 0 aliphatic carbocycles. The first-order chi connectivity index (χ1) is 8.39. The molecule has 4 heteroatoms. The molecule has 2 aromatic rings. The maximum Gasteiger partial charge on any atom is 0.156 e. The van der Waals surface area contributed by atoms with Gasteiger partial charge in [0.05, 0.1) is 6.04 Å². The molecule has 1 heterocycles. The molecule has 1 aromatic carbocycles. The smallest absolute Gasteiger partial charge is 0.156 e. The van der Waals surface area contributed by atoms with Gasteiger partial charge >= 0.3 is 0 Å². The van der Waals surface area contributed by atoms with Crippen molar-refractivity contribution in [2.24, 2.45) is 12.8 Å².